The molecule has 1 aliphatic rings. The fourth-order valence-electron chi connectivity index (χ4n) is 4.49. The Morgan fingerprint density at radius 2 is 1.72 bits per heavy atom. The number of rotatable bonds is 5. The van der Waals surface area contributed by atoms with Gasteiger partial charge < -0.3 is 19.5 Å². The van der Waals surface area contributed by atoms with Crippen LogP contribution in [0.4, 0.5) is 0 Å². The Balaban J connectivity index is 1.54. The van der Waals surface area contributed by atoms with Crippen LogP contribution in [-0.2, 0) is 0 Å². The van der Waals surface area contributed by atoms with Crippen LogP contribution < -0.4 is 4.74 Å². The third-order valence-corrected chi connectivity index (χ3v) is 6.08. The average Bonchev–Trinajstić information content (AvgIpc) is 3.20. The fraction of sp³-hybridized carbons (Fsp3) is 0.231. The van der Waals surface area contributed by atoms with E-state index in [1.54, 1.807) is 36.4 Å². The van der Waals surface area contributed by atoms with Crippen LogP contribution in [0.1, 0.15) is 48.5 Å². The average molecular weight is 428 g/mol. The molecule has 32 heavy (non-hydrogen) atoms. The van der Waals surface area contributed by atoms with Gasteiger partial charge in [-0.2, -0.15) is 0 Å². The van der Waals surface area contributed by atoms with Crippen LogP contribution in [-0.4, -0.2) is 25.7 Å². The molecule has 1 saturated carbocycles. The molecule has 0 bridgehead atoms. The molecular formula is C26H24N2O4. The standard InChI is InChI=1S/C26H24N2O4/c29-23-8-4-5-9-24(23)32-20-13-10-17(11-14-20)25-27-21-16-18(26(30)31)12-15-22(21)28(25)19-6-2-1-3-7-19/h4-5,8-16,19,29H,1-3,6-7H2,(H,30,31). The van der Waals surface area contributed by atoms with E-state index in [2.05, 4.69) is 4.57 Å². The van der Waals surface area contributed by atoms with E-state index in [4.69, 9.17) is 9.72 Å². The molecule has 4 aromatic rings. The maximum Gasteiger partial charge on any atom is 0.335 e. The third-order valence-electron chi connectivity index (χ3n) is 6.08. The highest BCUT2D eigenvalue weighted by atomic mass is 16.5. The first-order valence-corrected chi connectivity index (χ1v) is 10.9. The number of phenols is 1. The zero-order valence-corrected chi connectivity index (χ0v) is 17.6. The van der Waals surface area contributed by atoms with Crippen molar-refractivity contribution in [3.8, 4) is 28.6 Å². The lowest BCUT2D eigenvalue weighted by atomic mass is 9.95. The third kappa shape index (κ3) is 3.80. The number of imidazole rings is 1. The number of phenolic OH excluding ortho intramolecular Hbond substituents is 1. The summed E-state index contributed by atoms with van der Waals surface area (Å²) in [7, 11) is 0. The zero-order chi connectivity index (χ0) is 22.1. The molecule has 0 amide bonds. The number of fused-ring (bicyclic) bond motifs is 1. The van der Waals surface area contributed by atoms with Gasteiger partial charge in [0.25, 0.3) is 0 Å². The van der Waals surface area contributed by atoms with Crippen LogP contribution in [0.5, 0.6) is 17.2 Å². The van der Waals surface area contributed by atoms with Crippen LogP contribution in [0, 0.1) is 0 Å². The van der Waals surface area contributed by atoms with E-state index in [1.807, 2.05) is 30.3 Å². The molecular weight excluding hydrogens is 404 g/mol. The Kier molecular flexibility index (Phi) is 5.27. The first kappa shape index (κ1) is 20.1. The Morgan fingerprint density at radius 3 is 2.44 bits per heavy atom. The molecule has 1 aliphatic carbocycles. The summed E-state index contributed by atoms with van der Waals surface area (Å²) in [5.74, 6) is 0.986. The van der Waals surface area contributed by atoms with Crippen LogP contribution in [0.3, 0.4) is 0 Å². The number of para-hydroxylation sites is 2. The van der Waals surface area contributed by atoms with Gasteiger partial charge in [0.05, 0.1) is 16.6 Å². The quantitative estimate of drug-likeness (QED) is 0.384. The summed E-state index contributed by atoms with van der Waals surface area (Å²) in [4.78, 5) is 16.3. The lowest BCUT2D eigenvalue weighted by Crippen LogP contribution is -2.14. The van der Waals surface area contributed by atoms with E-state index >= 15 is 0 Å². The number of hydrogen-bond donors (Lipinski definition) is 2. The molecule has 0 saturated heterocycles. The summed E-state index contributed by atoms with van der Waals surface area (Å²) in [6, 6.07) is 20.0. The highest BCUT2D eigenvalue weighted by Crippen LogP contribution is 2.37. The molecule has 1 fully saturated rings. The van der Waals surface area contributed by atoms with Crippen LogP contribution in [0.15, 0.2) is 66.7 Å². The molecule has 162 valence electrons. The molecule has 0 aliphatic heterocycles. The number of benzene rings is 3. The van der Waals surface area contributed by atoms with Crippen molar-refractivity contribution >= 4 is 17.0 Å². The second-order valence-corrected chi connectivity index (χ2v) is 8.20. The molecule has 2 N–H and O–H groups in total. The molecule has 1 heterocycles. The van der Waals surface area contributed by atoms with Crippen molar-refractivity contribution in [2.24, 2.45) is 0 Å². The SMILES string of the molecule is O=C(O)c1ccc2c(c1)nc(-c1ccc(Oc3ccccc3O)cc1)n2C1CCCCC1. The van der Waals surface area contributed by atoms with Crippen LogP contribution in [0.2, 0.25) is 0 Å². The summed E-state index contributed by atoms with van der Waals surface area (Å²) in [6.45, 7) is 0. The molecule has 1 aromatic heterocycles. The topological polar surface area (TPSA) is 84.6 Å². The van der Waals surface area contributed by atoms with Crippen molar-refractivity contribution in [3.63, 3.8) is 0 Å². The zero-order valence-electron chi connectivity index (χ0n) is 17.6. The van der Waals surface area contributed by atoms with E-state index in [0.29, 0.717) is 23.1 Å². The van der Waals surface area contributed by atoms with Crippen molar-refractivity contribution in [3.05, 3.63) is 72.3 Å². The van der Waals surface area contributed by atoms with Crippen molar-refractivity contribution in [1.82, 2.24) is 9.55 Å². The van der Waals surface area contributed by atoms with Gasteiger partial charge in [-0.05, 0) is 67.4 Å². The molecule has 0 unspecified atom stereocenters. The predicted molar refractivity (Wildman–Crippen MR) is 122 cm³/mol. The number of ether oxygens (including phenoxy) is 1. The van der Waals surface area contributed by atoms with Gasteiger partial charge in [0, 0.05) is 11.6 Å². The Bertz CT molecular complexity index is 1270. The van der Waals surface area contributed by atoms with E-state index in [9.17, 15) is 15.0 Å². The van der Waals surface area contributed by atoms with Crippen molar-refractivity contribution in [2.75, 3.05) is 0 Å². The fourth-order valence-corrected chi connectivity index (χ4v) is 4.49. The summed E-state index contributed by atoms with van der Waals surface area (Å²) in [6.07, 6.45) is 5.80. The van der Waals surface area contributed by atoms with Crippen molar-refractivity contribution < 1.29 is 19.7 Å². The maximum absolute atomic E-state index is 11.5. The van der Waals surface area contributed by atoms with Gasteiger partial charge in [0.2, 0.25) is 0 Å². The number of carbonyl (C=O) groups is 1. The number of carboxylic acid groups (broad SMARTS) is 1. The molecule has 0 radical (unpaired) electrons. The van der Waals surface area contributed by atoms with E-state index in [1.165, 1.54) is 19.3 Å². The maximum atomic E-state index is 11.5. The molecule has 0 atom stereocenters. The van der Waals surface area contributed by atoms with Gasteiger partial charge in [0.15, 0.2) is 11.5 Å². The summed E-state index contributed by atoms with van der Waals surface area (Å²) in [5.41, 5.74) is 2.84. The summed E-state index contributed by atoms with van der Waals surface area (Å²) < 4.78 is 8.08. The highest BCUT2D eigenvalue weighted by molar-refractivity contribution is 5.93. The van der Waals surface area contributed by atoms with Crippen molar-refractivity contribution in [1.29, 1.82) is 0 Å². The largest absolute Gasteiger partial charge is 0.504 e. The molecule has 6 nitrogen and oxygen atoms in total. The van der Waals surface area contributed by atoms with Gasteiger partial charge in [-0.15, -0.1) is 0 Å². The van der Waals surface area contributed by atoms with Gasteiger partial charge in [-0.25, -0.2) is 9.78 Å². The second-order valence-electron chi connectivity index (χ2n) is 8.20. The summed E-state index contributed by atoms with van der Waals surface area (Å²) in [5, 5.41) is 19.3. The number of carboxylic acids is 1. The van der Waals surface area contributed by atoms with Gasteiger partial charge in [0.1, 0.15) is 11.6 Å². The normalized spacial score (nSPS) is 14.5. The predicted octanol–water partition coefficient (Wildman–Crippen LogP) is 6.40. The van der Waals surface area contributed by atoms with Crippen LogP contribution in [0.25, 0.3) is 22.4 Å². The molecule has 5 rings (SSSR count). The first-order valence-electron chi connectivity index (χ1n) is 10.9. The first-order chi connectivity index (χ1) is 15.6. The van der Waals surface area contributed by atoms with Gasteiger partial charge in [-0.3, -0.25) is 0 Å². The minimum absolute atomic E-state index is 0.0879. The second kappa shape index (κ2) is 8.38. The Hall–Kier alpha value is -3.80. The molecule has 6 heteroatoms. The Labute approximate surface area is 185 Å². The number of aromatic nitrogens is 2. The van der Waals surface area contributed by atoms with Gasteiger partial charge >= 0.3 is 5.97 Å². The monoisotopic (exact) mass is 428 g/mol. The summed E-state index contributed by atoms with van der Waals surface area (Å²) >= 11 is 0. The van der Waals surface area contributed by atoms with Crippen molar-refractivity contribution in [2.45, 2.75) is 38.1 Å². The van der Waals surface area contributed by atoms with E-state index < -0.39 is 5.97 Å². The Morgan fingerprint density at radius 1 is 0.969 bits per heavy atom. The lowest BCUT2D eigenvalue weighted by Gasteiger charge is -2.25. The molecule has 0 spiro atoms. The highest BCUT2D eigenvalue weighted by Gasteiger charge is 2.23. The number of hydrogen-bond acceptors (Lipinski definition) is 4. The van der Waals surface area contributed by atoms with Crippen LogP contribution >= 0.6 is 0 Å². The van der Waals surface area contributed by atoms with E-state index in [-0.39, 0.29) is 11.3 Å². The molecule has 3 aromatic carbocycles. The minimum atomic E-state index is -0.952. The van der Waals surface area contributed by atoms with Gasteiger partial charge in [-0.1, -0.05) is 31.4 Å². The smallest absolute Gasteiger partial charge is 0.335 e. The number of aromatic carboxylic acids is 1. The minimum Gasteiger partial charge on any atom is -0.504 e. The number of nitrogens with zero attached hydrogens (tertiary/aromatic N) is 2. The lowest BCUT2D eigenvalue weighted by molar-refractivity contribution is 0.0697. The number of aromatic hydroxyl groups is 1. The van der Waals surface area contributed by atoms with E-state index in [0.717, 1.165) is 29.7 Å².